The van der Waals surface area contributed by atoms with E-state index in [1.165, 1.54) is 5.69 Å². The second kappa shape index (κ2) is 4.78. The normalized spacial score (nSPS) is 14.4. The van der Waals surface area contributed by atoms with E-state index in [1.807, 2.05) is 0 Å². The fourth-order valence-corrected chi connectivity index (χ4v) is 2.50. The largest absolute Gasteiger partial charge is 0.312 e. The molecule has 2 aromatic heterocycles. The van der Waals surface area contributed by atoms with Crippen molar-refractivity contribution in [2.45, 2.75) is 39.7 Å². The summed E-state index contributed by atoms with van der Waals surface area (Å²) in [7, 11) is 0. The highest BCUT2D eigenvalue weighted by molar-refractivity contribution is 7.15. The molecule has 3 nitrogen and oxygen atoms in total. The van der Waals surface area contributed by atoms with Gasteiger partial charge in [0.25, 0.3) is 0 Å². The lowest BCUT2D eigenvalue weighted by molar-refractivity contribution is 0.380. The number of imidazole rings is 1. The standard InChI is InChI=1S/C13H21N3S/c1-10(8-14-13(2,3)4)7-11-9-16-5-6-17-12(16)15-11/h5-6,9-10,14H,7-8H2,1-4H3. The highest BCUT2D eigenvalue weighted by Gasteiger charge is 2.12. The van der Waals surface area contributed by atoms with Crippen LogP contribution in [0.5, 0.6) is 0 Å². The molecule has 17 heavy (non-hydrogen) atoms. The first kappa shape index (κ1) is 12.6. The third kappa shape index (κ3) is 3.54. The van der Waals surface area contributed by atoms with Gasteiger partial charge in [0, 0.05) is 23.3 Å². The molecule has 0 saturated heterocycles. The molecule has 0 aliphatic heterocycles. The number of fused-ring (bicyclic) bond motifs is 1. The number of hydrogen-bond donors (Lipinski definition) is 1. The van der Waals surface area contributed by atoms with E-state index in [9.17, 15) is 0 Å². The Morgan fingerprint density at radius 1 is 1.47 bits per heavy atom. The summed E-state index contributed by atoms with van der Waals surface area (Å²) < 4.78 is 2.10. The van der Waals surface area contributed by atoms with Crippen LogP contribution in [0.3, 0.4) is 0 Å². The van der Waals surface area contributed by atoms with Gasteiger partial charge < -0.3 is 5.32 Å². The molecule has 2 aromatic rings. The van der Waals surface area contributed by atoms with Gasteiger partial charge in [0.1, 0.15) is 0 Å². The smallest absolute Gasteiger partial charge is 0.193 e. The van der Waals surface area contributed by atoms with E-state index in [4.69, 9.17) is 0 Å². The lowest BCUT2D eigenvalue weighted by Crippen LogP contribution is -2.39. The van der Waals surface area contributed by atoms with Crippen molar-refractivity contribution in [3.05, 3.63) is 23.5 Å². The van der Waals surface area contributed by atoms with Crippen LogP contribution < -0.4 is 5.32 Å². The number of aromatic nitrogens is 2. The number of nitrogens with one attached hydrogen (secondary N) is 1. The van der Waals surface area contributed by atoms with E-state index in [1.54, 1.807) is 11.3 Å². The molecule has 0 aliphatic carbocycles. The predicted octanol–water partition coefficient (Wildman–Crippen LogP) is 2.96. The lowest BCUT2D eigenvalue weighted by Gasteiger charge is -2.23. The molecule has 94 valence electrons. The molecule has 2 rings (SSSR count). The first-order chi connectivity index (χ1) is 7.94. The number of hydrogen-bond acceptors (Lipinski definition) is 3. The van der Waals surface area contributed by atoms with Gasteiger partial charge in [0.2, 0.25) is 0 Å². The van der Waals surface area contributed by atoms with Crippen LogP contribution >= 0.6 is 11.3 Å². The SMILES string of the molecule is CC(CNC(C)(C)C)Cc1cn2ccsc2n1. The molecule has 0 aromatic carbocycles. The Balaban J connectivity index is 1.90. The van der Waals surface area contributed by atoms with Crippen LogP contribution in [-0.4, -0.2) is 21.5 Å². The monoisotopic (exact) mass is 251 g/mol. The Kier molecular flexibility index (Phi) is 3.54. The predicted molar refractivity (Wildman–Crippen MR) is 73.7 cm³/mol. The fraction of sp³-hybridized carbons (Fsp3) is 0.615. The molecule has 0 aliphatic rings. The maximum Gasteiger partial charge on any atom is 0.193 e. The van der Waals surface area contributed by atoms with Gasteiger partial charge in [0.05, 0.1) is 5.69 Å². The molecule has 1 atom stereocenters. The molecule has 0 spiro atoms. The van der Waals surface area contributed by atoms with Gasteiger partial charge in [-0.05, 0) is 39.7 Å². The summed E-state index contributed by atoms with van der Waals surface area (Å²) in [5.41, 5.74) is 1.39. The maximum absolute atomic E-state index is 4.61. The summed E-state index contributed by atoms with van der Waals surface area (Å²) in [6, 6.07) is 0. The van der Waals surface area contributed by atoms with E-state index in [0.29, 0.717) is 5.92 Å². The molecule has 1 N–H and O–H groups in total. The van der Waals surface area contributed by atoms with Crippen molar-refractivity contribution in [1.82, 2.24) is 14.7 Å². The minimum Gasteiger partial charge on any atom is -0.312 e. The average molecular weight is 251 g/mol. The van der Waals surface area contributed by atoms with Crippen molar-refractivity contribution in [3.63, 3.8) is 0 Å². The van der Waals surface area contributed by atoms with E-state index < -0.39 is 0 Å². The van der Waals surface area contributed by atoms with Crippen LogP contribution in [0.4, 0.5) is 0 Å². The van der Waals surface area contributed by atoms with Gasteiger partial charge >= 0.3 is 0 Å². The molecule has 4 heteroatoms. The number of thiazole rings is 1. The third-order valence-corrected chi connectivity index (χ3v) is 3.45. The summed E-state index contributed by atoms with van der Waals surface area (Å²) in [5.74, 6) is 0.610. The molecule has 0 saturated carbocycles. The molecular weight excluding hydrogens is 230 g/mol. The summed E-state index contributed by atoms with van der Waals surface area (Å²) >= 11 is 1.69. The van der Waals surface area contributed by atoms with Gasteiger partial charge in [-0.3, -0.25) is 4.40 Å². The van der Waals surface area contributed by atoms with Crippen molar-refractivity contribution in [2.75, 3.05) is 6.54 Å². The molecule has 0 fully saturated rings. The Hall–Kier alpha value is -0.870. The molecule has 0 bridgehead atoms. The van der Waals surface area contributed by atoms with Crippen molar-refractivity contribution in [2.24, 2.45) is 5.92 Å². The van der Waals surface area contributed by atoms with Gasteiger partial charge in [-0.2, -0.15) is 0 Å². The van der Waals surface area contributed by atoms with Crippen LogP contribution in [0.1, 0.15) is 33.4 Å². The van der Waals surface area contributed by atoms with Crippen LogP contribution in [0.15, 0.2) is 17.8 Å². The summed E-state index contributed by atoms with van der Waals surface area (Å²) in [6.45, 7) is 9.91. The van der Waals surface area contributed by atoms with Gasteiger partial charge in [-0.1, -0.05) is 6.92 Å². The third-order valence-electron chi connectivity index (χ3n) is 2.68. The zero-order valence-electron chi connectivity index (χ0n) is 11.0. The Labute approximate surface area is 107 Å². The quantitative estimate of drug-likeness (QED) is 0.905. The Morgan fingerprint density at radius 3 is 2.88 bits per heavy atom. The highest BCUT2D eigenvalue weighted by Crippen LogP contribution is 2.14. The number of rotatable bonds is 4. The first-order valence-corrected chi connectivity index (χ1v) is 6.98. The van der Waals surface area contributed by atoms with Crippen molar-refractivity contribution < 1.29 is 0 Å². The molecule has 2 heterocycles. The van der Waals surface area contributed by atoms with Crippen LogP contribution in [0.2, 0.25) is 0 Å². The van der Waals surface area contributed by atoms with E-state index >= 15 is 0 Å². The fourth-order valence-electron chi connectivity index (χ4n) is 1.78. The number of nitrogens with zero attached hydrogens (tertiary/aromatic N) is 2. The summed E-state index contributed by atoms with van der Waals surface area (Å²) in [5, 5.41) is 5.60. The highest BCUT2D eigenvalue weighted by atomic mass is 32.1. The van der Waals surface area contributed by atoms with E-state index in [-0.39, 0.29) is 5.54 Å². The second-order valence-corrected chi connectivity index (χ2v) is 6.64. The maximum atomic E-state index is 4.61. The van der Waals surface area contributed by atoms with Crippen molar-refractivity contribution >= 4 is 16.3 Å². The molecular formula is C13H21N3S. The molecule has 1 unspecified atom stereocenters. The van der Waals surface area contributed by atoms with Crippen molar-refractivity contribution in [3.8, 4) is 0 Å². The van der Waals surface area contributed by atoms with Gasteiger partial charge in [-0.15, -0.1) is 11.3 Å². The zero-order chi connectivity index (χ0) is 12.5. The summed E-state index contributed by atoms with van der Waals surface area (Å²) in [4.78, 5) is 5.70. The topological polar surface area (TPSA) is 29.3 Å². The minimum absolute atomic E-state index is 0.197. The average Bonchev–Trinajstić information content (AvgIpc) is 2.73. The second-order valence-electron chi connectivity index (χ2n) is 5.77. The zero-order valence-corrected chi connectivity index (χ0v) is 11.8. The molecule has 0 radical (unpaired) electrons. The van der Waals surface area contributed by atoms with Crippen LogP contribution in [0.25, 0.3) is 4.96 Å². The van der Waals surface area contributed by atoms with Crippen LogP contribution in [-0.2, 0) is 6.42 Å². The first-order valence-electron chi connectivity index (χ1n) is 6.10. The summed E-state index contributed by atoms with van der Waals surface area (Å²) in [6.07, 6.45) is 5.24. The Morgan fingerprint density at radius 2 is 2.24 bits per heavy atom. The van der Waals surface area contributed by atoms with E-state index in [0.717, 1.165) is 17.9 Å². The Bertz CT molecular complexity index is 450. The van der Waals surface area contributed by atoms with Gasteiger partial charge in [-0.25, -0.2) is 4.98 Å². The van der Waals surface area contributed by atoms with Crippen LogP contribution in [0, 0.1) is 5.92 Å². The minimum atomic E-state index is 0.197. The van der Waals surface area contributed by atoms with Gasteiger partial charge in [0.15, 0.2) is 4.96 Å². The van der Waals surface area contributed by atoms with E-state index in [2.05, 4.69) is 60.2 Å². The molecule has 0 amide bonds. The lowest BCUT2D eigenvalue weighted by atomic mass is 10.0. The van der Waals surface area contributed by atoms with Crippen molar-refractivity contribution in [1.29, 1.82) is 0 Å².